The van der Waals surface area contributed by atoms with Crippen molar-refractivity contribution in [1.82, 2.24) is 4.57 Å². The Morgan fingerprint density at radius 1 is 0.516 bits per heavy atom. The summed E-state index contributed by atoms with van der Waals surface area (Å²) in [6.07, 6.45) is 8.94. The van der Waals surface area contributed by atoms with Crippen molar-refractivity contribution in [2.75, 3.05) is 4.90 Å². The molecule has 1 unspecified atom stereocenters. The van der Waals surface area contributed by atoms with E-state index in [9.17, 15) is 0 Å². The standard InChI is InChI=1S/C61H42N2O/c1-5-20-42(21-6-1)61(43-22-7-2-8-23-43)51-31-16-13-29-48(51)58-52(61)32-19-34-55(58)63(45-26-11-4-12-27-45)56-39-37-46(60-59(56)49-30-15-18-35-57(49)64-60)41-36-38-54-50(40-41)47-28-14-17-33-53(47)62(54)44-24-9-3-10-25-44/h1-7,9-22,24-40H,8,23H2. The van der Waals surface area contributed by atoms with Gasteiger partial charge >= 0.3 is 0 Å². The molecule has 2 aliphatic rings. The summed E-state index contributed by atoms with van der Waals surface area (Å²) in [6, 6.07) is 77.5. The van der Waals surface area contributed by atoms with Crippen LogP contribution in [0.2, 0.25) is 0 Å². The van der Waals surface area contributed by atoms with E-state index in [2.05, 4.69) is 240 Å². The van der Waals surface area contributed by atoms with Crippen molar-refractivity contribution in [2.45, 2.75) is 18.3 Å². The predicted molar refractivity (Wildman–Crippen MR) is 266 cm³/mol. The molecular formula is C61H42N2O. The topological polar surface area (TPSA) is 21.3 Å². The normalized spacial score (nSPS) is 15.5. The highest BCUT2D eigenvalue weighted by atomic mass is 16.3. The maximum absolute atomic E-state index is 7.05. The minimum absolute atomic E-state index is 0.444. The number of allylic oxidation sites excluding steroid dienone is 4. The van der Waals surface area contributed by atoms with Gasteiger partial charge in [-0.05, 0) is 107 Å². The lowest BCUT2D eigenvalue weighted by atomic mass is 9.65. The maximum Gasteiger partial charge on any atom is 0.145 e. The van der Waals surface area contributed by atoms with Crippen molar-refractivity contribution in [2.24, 2.45) is 0 Å². The minimum atomic E-state index is -0.444. The van der Waals surface area contributed by atoms with Crippen molar-refractivity contribution in [3.05, 3.63) is 253 Å². The largest absolute Gasteiger partial charge is 0.455 e. The number of hydrogen-bond acceptors (Lipinski definition) is 2. The number of rotatable bonds is 7. The zero-order valence-electron chi connectivity index (χ0n) is 35.2. The lowest BCUT2D eigenvalue weighted by molar-refractivity contribution is 0.670. The smallest absolute Gasteiger partial charge is 0.145 e. The molecule has 9 aromatic carbocycles. The maximum atomic E-state index is 7.05. The van der Waals surface area contributed by atoms with Gasteiger partial charge in [0.25, 0.3) is 0 Å². The lowest BCUT2D eigenvalue weighted by Gasteiger charge is -2.37. The summed E-state index contributed by atoms with van der Waals surface area (Å²) in [7, 11) is 0. The average molecular weight is 819 g/mol. The van der Waals surface area contributed by atoms with E-state index in [0.717, 1.165) is 68.7 Å². The number of anilines is 3. The van der Waals surface area contributed by atoms with Crippen LogP contribution in [0.5, 0.6) is 0 Å². The monoisotopic (exact) mass is 818 g/mol. The van der Waals surface area contributed by atoms with Gasteiger partial charge in [0, 0.05) is 38.7 Å². The van der Waals surface area contributed by atoms with Crippen LogP contribution in [-0.2, 0) is 5.41 Å². The molecule has 0 radical (unpaired) electrons. The number of fused-ring (bicyclic) bond motifs is 9. The van der Waals surface area contributed by atoms with Gasteiger partial charge in [-0.25, -0.2) is 0 Å². The molecule has 302 valence electrons. The molecule has 0 spiro atoms. The third kappa shape index (κ3) is 5.28. The molecule has 13 rings (SSSR count). The first kappa shape index (κ1) is 36.5. The SMILES string of the molecule is C1=CCCC(C2(c3ccccc3)c3ccccc3-c3c(N(c4ccccc4)c4ccc(-c5ccc6c(c5)c5ccccc5n6-c5ccccc5)c5oc6ccccc6c45)cccc32)=C1. The fourth-order valence-corrected chi connectivity index (χ4v) is 11.1. The van der Waals surface area contributed by atoms with E-state index < -0.39 is 5.41 Å². The summed E-state index contributed by atoms with van der Waals surface area (Å²) in [4.78, 5) is 2.48. The molecular weight excluding hydrogens is 777 g/mol. The molecule has 3 heteroatoms. The van der Waals surface area contributed by atoms with Crippen molar-refractivity contribution in [3.63, 3.8) is 0 Å². The molecule has 64 heavy (non-hydrogen) atoms. The second kappa shape index (κ2) is 14.5. The number of nitrogens with zero attached hydrogens (tertiary/aromatic N) is 2. The van der Waals surface area contributed by atoms with E-state index in [-0.39, 0.29) is 0 Å². The van der Waals surface area contributed by atoms with Gasteiger partial charge in [0.2, 0.25) is 0 Å². The van der Waals surface area contributed by atoms with Gasteiger partial charge in [0.05, 0.1) is 33.2 Å². The number of aromatic nitrogens is 1. The number of para-hydroxylation sites is 4. The Bertz CT molecular complexity index is 3670. The Kier molecular flexibility index (Phi) is 8.26. The van der Waals surface area contributed by atoms with Gasteiger partial charge in [-0.1, -0.05) is 169 Å². The van der Waals surface area contributed by atoms with E-state index in [4.69, 9.17) is 4.42 Å². The Morgan fingerprint density at radius 3 is 2.05 bits per heavy atom. The van der Waals surface area contributed by atoms with Gasteiger partial charge < -0.3 is 13.9 Å². The van der Waals surface area contributed by atoms with Crippen LogP contribution in [0.3, 0.4) is 0 Å². The first-order valence-electron chi connectivity index (χ1n) is 22.3. The zero-order chi connectivity index (χ0) is 42.2. The summed E-state index contributed by atoms with van der Waals surface area (Å²) in [6.45, 7) is 0. The molecule has 2 heterocycles. The molecule has 0 saturated heterocycles. The van der Waals surface area contributed by atoms with Gasteiger partial charge in [-0.3, -0.25) is 0 Å². The van der Waals surface area contributed by atoms with Gasteiger partial charge in [0.15, 0.2) is 0 Å². The molecule has 0 bridgehead atoms. The highest BCUT2D eigenvalue weighted by Crippen LogP contribution is 2.61. The number of hydrogen-bond donors (Lipinski definition) is 0. The fourth-order valence-electron chi connectivity index (χ4n) is 11.1. The lowest BCUT2D eigenvalue weighted by Crippen LogP contribution is -2.30. The summed E-state index contributed by atoms with van der Waals surface area (Å²) in [5.41, 5.74) is 18.1. The fraction of sp³-hybridized carbons (Fsp3) is 0.0492. The zero-order valence-corrected chi connectivity index (χ0v) is 35.2. The molecule has 2 aliphatic carbocycles. The van der Waals surface area contributed by atoms with E-state index >= 15 is 0 Å². The molecule has 3 nitrogen and oxygen atoms in total. The average Bonchev–Trinajstić information content (AvgIpc) is 4.02. The molecule has 0 aliphatic heterocycles. The summed E-state index contributed by atoms with van der Waals surface area (Å²) in [5, 5.41) is 4.60. The van der Waals surface area contributed by atoms with Crippen molar-refractivity contribution < 1.29 is 4.42 Å². The molecule has 0 amide bonds. The summed E-state index contributed by atoms with van der Waals surface area (Å²) in [5.74, 6) is 0. The Hall–Kier alpha value is -8.14. The van der Waals surface area contributed by atoms with Crippen molar-refractivity contribution in [1.29, 1.82) is 0 Å². The molecule has 0 N–H and O–H groups in total. The van der Waals surface area contributed by atoms with Crippen LogP contribution in [0.4, 0.5) is 17.1 Å². The van der Waals surface area contributed by atoms with Gasteiger partial charge in [0.1, 0.15) is 11.2 Å². The third-order valence-corrected chi connectivity index (χ3v) is 13.7. The molecule has 11 aromatic rings. The van der Waals surface area contributed by atoms with Crippen LogP contribution < -0.4 is 4.90 Å². The molecule has 1 atom stereocenters. The van der Waals surface area contributed by atoms with E-state index in [1.807, 2.05) is 0 Å². The Balaban J connectivity index is 1.08. The summed E-state index contributed by atoms with van der Waals surface area (Å²) < 4.78 is 9.42. The summed E-state index contributed by atoms with van der Waals surface area (Å²) >= 11 is 0. The van der Waals surface area contributed by atoms with E-state index in [1.54, 1.807) is 0 Å². The Labute approximate surface area is 372 Å². The van der Waals surface area contributed by atoms with Crippen LogP contribution in [0, 0.1) is 0 Å². The van der Waals surface area contributed by atoms with Gasteiger partial charge in [-0.2, -0.15) is 0 Å². The highest BCUT2D eigenvalue weighted by molar-refractivity contribution is 6.18. The third-order valence-electron chi connectivity index (χ3n) is 13.7. The highest BCUT2D eigenvalue weighted by Gasteiger charge is 2.48. The number of furan rings is 1. The van der Waals surface area contributed by atoms with Crippen molar-refractivity contribution in [3.8, 4) is 27.9 Å². The van der Waals surface area contributed by atoms with E-state index in [0.29, 0.717) is 0 Å². The first-order valence-corrected chi connectivity index (χ1v) is 22.3. The Morgan fingerprint density at radius 2 is 1.22 bits per heavy atom. The molecule has 0 saturated carbocycles. The van der Waals surface area contributed by atoms with Crippen LogP contribution in [0.15, 0.2) is 241 Å². The predicted octanol–water partition coefficient (Wildman–Crippen LogP) is 16.4. The van der Waals surface area contributed by atoms with Crippen LogP contribution >= 0.6 is 0 Å². The van der Waals surface area contributed by atoms with Crippen LogP contribution in [-0.4, -0.2) is 4.57 Å². The van der Waals surface area contributed by atoms with Crippen LogP contribution in [0.25, 0.3) is 71.7 Å². The van der Waals surface area contributed by atoms with E-state index in [1.165, 1.54) is 55.2 Å². The van der Waals surface area contributed by atoms with Gasteiger partial charge in [-0.15, -0.1) is 0 Å². The quantitative estimate of drug-likeness (QED) is 0.160. The molecule has 2 aromatic heterocycles. The minimum Gasteiger partial charge on any atom is -0.455 e. The molecule has 0 fully saturated rings. The second-order valence-corrected chi connectivity index (χ2v) is 17.0. The first-order chi connectivity index (χ1) is 31.8. The van der Waals surface area contributed by atoms with Crippen LogP contribution in [0.1, 0.15) is 29.5 Å². The number of benzene rings is 9. The second-order valence-electron chi connectivity index (χ2n) is 17.0. The van der Waals surface area contributed by atoms with Crippen molar-refractivity contribution >= 4 is 60.8 Å².